The summed E-state index contributed by atoms with van der Waals surface area (Å²) in [5, 5.41) is 12.2. The van der Waals surface area contributed by atoms with Crippen molar-refractivity contribution in [2.75, 3.05) is 0 Å². The van der Waals surface area contributed by atoms with Crippen LogP contribution in [0.2, 0.25) is 5.15 Å². The number of nitrogens with zero attached hydrogens (tertiary/aromatic N) is 1. The average molecular weight is 205 g/mol. The van der Waals surface area contributed by atoms with Gasteiger partial charge in [-0.05, 0) is 6.92 Å². The Hall–Kier alpha value is -1.07. The molecule has 1 heterocycles. The first-order valence-corrected chi connectivity index (χ1v) is 3.99. The minimum absolute atomic E-state index is 0.128. The molecule has 0 aliphatic heterocycles. The summed E-state index contributed by atoms with van der Waals surface area (Å²) >= 11 is 5.64. The number of aromatic nitrogens is 1. The van der Waals surface area contributed by atoms with Crippen molar-refractivity contribution in [3.05, 3.63) is 16.5 Å². The molecule has 0 fully saturated rings. The van der Waals surface area contributed by atoms with Gasteiger partial charge in [-0.1, -0.05) is 16.8 Å². The smallest absolute Gasteiger partial charge is 0.320 e. The molecule has 0 spiro atoms. The molecule has 1 rings (SSSR count). The summed E-state index contributed by atoms with van der Waals surface area (Å²) in [4.78, 5) is 10.4. The van der Waals surface area contributed by atoms with E-state index in [-0.39, 0.29) is 11.6 Å². The molecular weight excluding hydrogens is 196 g/mol. The van der Waals surface area contributed by atoms with Gasteiger partial charge in [0, 0.05) is 12.0 Å². The SMILES string of the molecule is Cc1onc(Cl)c1CC(N)C(=O)O. The van der Waals surface area contributed by atoms with E-state index in [1.165, 1.54) is 0 Å². The lowest BCUT2D eigenvalue weighted by Crippen LogP contribution is -2.32. The minimum atomic E-state index is -1.07. The second kappa shape index (κ2) is 3.76. The topological polar surface area (TPSA) is 89.4 Å². The highest BCUT2D eigenvalue weighted by atomic mass is 35.5. The Morgan fingerprint density at radius 2 is 2.46 bits per heavy atom. The fraction of sp³-hybridized carbons (Fsp3) is 0.429. The Morgan fingerprint density at radius 3 is 2.85 bits per heavy atom. The summed E-state index contributed by atoms with van der Waals surface area (Å²) in [6, 6.07) is -0.976. The summed E-state index contributed by atoms with van der Waals surface area (Å²) in [7, 11) is 0. The number of aryl methyl sites for hydroxylation is 1. The molecule has 1 aromatic heterocycles. The fourth-order valence-corrected chi connectivity index (χ4v) is 1.14. The van der Waals surface area contributed by atoms with Crippen molar-refractivity contribution in [3.8, 4) is 0 Å². The maximum Gasteiger partial charge on any atom is 0.320 e. The first-order chi connectivity index (χ1) is 6.02. The van der Waals surface area contributed by atoms with Crippen LogP contribution in [0, 0.1) is 6.92 Å². The first kappa shape index (κ1) is 10.0. The highest BCUT2D eigenvalue weighted by molar-refractivity contribution is 6.30. The van der Waals surface area contributed by atoms with Crippen LogP contribution in [0.4, 0.5) is 0 Å². The third-order valence-electron chi connectivity index (χ3n) is 1.68. The maximum atomic E-state index is 10.4. The molecule has 0 saturated heterocycles. The average Bonchev–Trinajstić information content (AvgIpc) is 2.35. The van der Waals surface area contributed by atoms with Crippen molar-refractivity contribution in [1.82, 2.24) is 5.16 Å². The Balaban J connectivity index is 2.79. The van der Waals surface area contributed by atoms with Crippen LogP contribution >= 0.6 is 11.6 Å². The largest absolute Gasteiger partial charge is 0.480 e. The van der Waals surface area contributed by atoms with Gasteiger partial charge in [0.15, 0.2) is 5.15 Å². The van der Waals surface area contributed by atoms with Crippen molar-refractivity contribution in [2.24, 2.45) is 5.73 Å². The highest BCUT2D eigenvalue weighted by Gasteiger charge is 2.18. The number of carboxylic acid groups (broad SMARTS) is 1. The van der Waals surface area contributed by atoms with Gasteiger partial charge < -0.3 is 15.4 Å². The number of aliphatic carboxylic acids is 1. The fourth-order valence-electron chi connectivity index (χ4n) is 0.899. The molecule has 0 aliphatic rings. The van der Waals surface area contributed by atoms with E-state index in [9.17, 15) is 4.79 Å². The van der Waals surface area contributed by atoms with Gasteiger partial charge in [-0.2, -0.15) is 0 Å². The Labute approximate surface area is 79.5 Å². The predicted octanol–water partition coefficient (Wildman–Crippen LogP) is 0.591. The molecule has 0 amide bonds. The Morgan fingerprint density at radius 1 is 1.85 bits per heavy atom. The second-order valence-electron chi connectivity index (χ2n) is 2.66. The predicted molar refractivity (Wildman–Crippen MR) is 45.6 cm³/mol. The molecule has 1 aromatic rings. The monoisotopic (exact) mass is 204 g/mol. The number of hydrogen-bond donors (Lipinski definition) is 2. The molecule has 72 valence electrons. The number of nitrogens with two attached hydrogens (primary N) is 1. The third kappa shape index (κ3) is 2.19. The quantitative estimate of drug-likeness (QED) is 0.752. The molecule has 6 heteroatoms. The molecule has 0 aromatic carbocycles. The zero-order chi connectivity index (χ0) is 10.0. The van der Waals surface area contributed by atoms with Crippen LogP contribution in [0.3, 0.4) is 0 Å². The van der Waals surface area contributed by atoms with Crippen LogP contribution in [-0.4, -0.2) is 22.3 Å². The van der Waals surface area contributed by atoms with Crippen molar-refractivity contribution in [1.29, 1.82) is 0 Å². The van der Waals surface area contributed by atoms with E-state index in [0.29, 0.717) is 11.3 Å². The molecule has 13 heavy (non-hydrogen) atoms. The molecule has 0 saturated carbocycles. The lowest BCUT2D eigenvalue weighted by atomic mass is 10.1. The molecule has 0 radical (unpaired) electrons. The van der Waals surface area contributed by atoms with Gasteiger partial charge in [0.05, 0.1) is 0 Å². The molecule has 3 N–H and O–H groups in total. The number of hydrogen-bond acceptors (Lipinski definition) is 4. The molecule has 0 aliphatic carbocycles. The lowest BCUT2D eigenvalue weighted by molar-refractivity contribution is -0.138. The van der Waals surface area contributed by atoms with Gasteiger partial charge in [0.25, 0.3) is 0 Å². The maximum absolute atomic E-state index is 10.4. The van der Waals surface area contributed by atoms with Gasteiger partial charge in [0.2, 0.25) is 0 Å². The molecule has 1 atom stereocenters. The first-order valence-electron chi connectivity index (χ1n) is 3.61. The molecular formula is C7H9ClN2O3. The van der Waals surface area contributed by atoms with Crippen LogP contribution in [0.25, 0.3) is 0 Å². The van der Waals surface area contributed by atoms with Gasteiger partial charge in [-0.25, -0.2) is 0 Å². The normalized spacial score (nSPS) is 12.8. The van der Waals surface area contributed by atoms with E-state index in [1.807, 2.05) is 0 Å². The Kier molecular flexibility index (Phi) is 2.90. The van der Waals surface area contributed by atoms with E-state index < -0.39 is 12.0 Å². The van der Waals surface area contributed by atoms with Gasteiger partial charge >= 0.3 is 5.97 Å². The second-order valence-corrected chi connectivity index (χ2v) is 3.01. The van der Waals surface area contributed by atoms with Crippen molar-refractivity contribution in [2.45, 2.75) is 19.4 Å². The number of rotatable bonds is 3. The van der Waals surface area contributed by atoms with Gasteiger partial charge in [-0.15, -0.1) is 0 Å². The van der Waals surface area contributed by atoms with Crippen LogP contribution in [-0.2, 0) is 11.2 Å². The van der Waals surface area contributed by atoms with E-state index >= 15 is 0 Å². The Bertz CT molecular complexity index is 304. The zero-order valence-corrected chi connectivity index (χ0v) is 7.71. The van der Waals surface area contributed by atoms with E-state index in [1.54, 1.807) is 6.92 Å². The minimum Gasteiger partial charge on any atom is -0.480 e. The summed E-state index contributed by atoms with van der Waals surface area (Å²) < 4.78 is 4.75. The van der Waals surface area contributed by atoms with Crippen LogP contribution < -0.4 is 5.73 Å². The summed E-state index contributed by atoms with van der Waals surface area (Å²) in [5.41, 5.74) is 5.87. The van der Waals surface area contributed by atoms with Crippen LogP contribution in [0.1, 0.15) is 11.3 Å². The standard InChI is InChI=1S/C7H9ClN2O3/c1-3-4(6(8)10-13-3)2-5(9)7(11)12/h5H,2,9H2,1H3,(H,11,12). The zero-order valence-electron chi connectivity index (χ0n) is 6.95. The van der Waals surface area contributed by atoms with Crippen LogP contribution in [0.15, 0.2) is 4.52 Å². The summed E-state index contributed by atoms with van der Waals surface area (Å²) in [6.07, 6.45) is 0.128. The molecule has 5 nitrogen and oxygen atoms in total. The van der Waals surface area contributed by atoms with Crippen LogP contribution in [0.5, 0.6) is 0 Å². The summed E-state index contributed by atoms with van der Waals surface area (Å²) in [5.74, 6) is -0.571. The van der Waals surface area contributed by atoms with Gasteiger partial charge in [-0.3, -0.25) is 4.79 Å². The molecule has 1 unspecified atom stereocenters. The third-order valence-corrected chi connectivity index (χ3v) is 1.98. The van der Waals surface area contributed by atoms with E-state index in [4.69, 9.17) is 27.0 Å². The number of halogens is 1. The number of carbonyl (C=O) groups is 1. The van der Waals surface area contributed by atoms with Crippen molar-refractivity contribution < 1.29 is 14.4 Å². The lowest BCUT2D eigenvalue weighted by Gasteiger charge is -2.03. The van der Waals surface area contributed by atoms with Gasteiger partial charge in [0.1, 0.15) is 11.8 Å². The van der Waals surface area contributed by atoms with E-state index in [2.05, 4.69) is 5.16 Å². The number of carboxylic acids is 1. The van der Waals surface area contributed by atoms with Crippen molar-refractivity contribution in [3.63, 3.8) is 0 Å². The van der Waals surface area contributed by atoms with Crippen molar-refractivity contribution >= 4 is 17.6 Å². The molecule has 0 bridgehead atoms. The van der Waals surface area contributed by atoms with E-state index in [0.717, 1.165) is 0 Å². The highest BCUT2D eigenvalue weighted by Crippen LogP contribution is 2.19. The summed E-state index contributed by atoms with van der Waals surface area (Å²) in [6.45, 7) is 1.66.